The third-order valence-electron chi connectivity index (χ3n) is 1.82. The predicted octanol–water partition coefficient (Wildman–Crippen LogP) is 1.77. The average molecular weight is 208 g/mol. The van der Waals surface area contributed by atoms with Gasteiger partial charge in [-0.3, -0.25) is 9.59 Å². The maximum absolute atomic E-state index is 11.2. The lowest BCUT2D eigenvalue weighted by molar-refractivity contribution is -0.137. The molecule has 0 bridgehead atoms. The summed E-state index contributed by atoms with van der Waals surface area (Å²) in [7, 11) is 0. The summed E-state index contributed by atoms with van der Waals surface area (Å²) in [6.07, 6.45) is 0.502. The van der Waals surface area contributed by atoms with E-state index in [4.69, 9.17) is 4.74 Å². The molecule has 0 saturated heterocycles. The van der Waals surface area contributed by atoms with Gasteiger partial charge in [-0.2, -0.15) is 0 Å². The highest BCUT2D eigenvalue weighted by atomic mass is 16.5. The zero-order valence-electron chi connectivity index (χ0n) is 8.56. The number of carbonyl (C=O) groups excluding carboxylic acids is 2. The quantitative estimate of drug-likeness (QED) is 0.467. The number of hydrogen-bond donors (Lipinski definition) is 1. The minimum absolute atomic E-state index is 0.101. The Hall–Kier alpha value is -1.84. The highest BCUT2D eigenvalue weighted by Crippen LogP contribution is 2.21. The van der Waals surface area contributed by atoms with Gasteiger partial charge in [0.05, 0.1) is 11.5 Å². The first-order valence-corrected chi connectivity index (χ1v) is 4.54. The second-order valence-corrected chi connectivity index (χ2v) is 3.41. The number of ether oxygens (including phenoxy) is 1. The monoisotopic (exact) mass is 208 g/mol. The normalized spacial score (nSPS) is 10.1. The van der Waals surface area contributed by atoms with Crippen LogP contribution in [-0.2, 0) is 4.79 Å². The number of aldehydes is 1. The molecular weight excluding hydrogens is 196 g/mol. The van der Waals surface area contributed by atoms with Gasteiger partial charge in [0.2, 0.25) is 0 Å². The van der Waals surface area contributed by atoms with Gasteiger partial charge in [0.15, 0.2) is 6.29 Å². The molecule has 4 nitrogen and oxygen atoms in total. The lowest BCUT2D eigenvalue weighted by Gasteiger charge is -2.07. The summed E-state index contributed by atoms with van der Waals surface area (Å²) in [6.45, 7) is 3.42. The number of rotatable bonds is 3. The van der Waals surface area contributed by atoms with E-state index in [0.29, 0.717) is 6.29 Å². The van der Waals surface area contributed by atoms with Crippen LogP contribution in [-0.4, -0.2) is 17.4 Å². The van der Waals surface area contributed by atoms with Gasteiger partial charge in [-0.15, -0.1) is 0 Å². The fourth-order valence-corrected chi connectivity index (χ4v) is 0.924. The number of esters is 1. The molecule has 0 fully saturated rings. The molecule has 0 amide bonds. The fourth-order valence-electron chi connectivity index (χ4n) is 0.924. The smallest absolute Gasteiger partial charge is 0.313 e. The Bertz CT molecular complexity index is 382. The first-order valence-electron chi connectivity index (χ1n) is 4.54. The number of benzene rings is 1. The van der Waals surface area contributed by atoms with Crippen LogP contribution in [0, 0.1) is 5.92 Å². The highest BCUT2D eigenvalue weighted by Gasteiger charge is 2.10. The van der Waals surface area contributed by atoms with E-state index in [0.717, 1.165) is 0 Å². The Kier molecular flexibility index (Phi) is 3.44. The molecule has 0 atom stereocenters. The molecular formula is C11H12O4. The van der Waals surface area contributed by atoms with Gasteiger partial charge in [0.25, 0.3) is 0 Å². The molecule has 1 aromatic rings. The minimum Gasteiger partial charge on any atom is -0.507 e. The van der Waals surface area contributed by atoms with Crippen LogP contribution in [0.4, 0.5) is 0 Å². The van der Waals surface area contributed by atoms with Crippen molar-refractivity contribution in [3.05, 3.63) is 23.8 Å². The van der Waals surface area contributed by atoms with Crippen LogP contribution in [0.25, 0.3) is 0 Å². The first-order chi connectivity index (χ1) is 7.04. The molecule has 0 aliphatic rings. The molecule has 80 valence electrons. The van der Waals surface area contributed by atoms with E-state index in [1.165, 1.54) is 18.2 Å². The molecule has 1 aromatic carbocycles. The Morgan fingerprint density at radius 2 is 2.13 bits per heavy atom. The van der Waals surface area contributed by atoms with Crippen LogP contribution >= 0.6 is 0 Å². The van der Waals surface area contributed by atoms with Crippen LogP contribution in [0.2, 0.25) is 0 Å². The van der Waals surface area contributed by atoms with Crippen molar-refractivity contribution in [2.24, 2.45) is 5.92 Å². The topological polar surface area (TPSA) is 63.6 Å². The van der Waals surface area contributed by atoms with Crippen molar-refractivity contribution in [3.8, 4) is 11.5 Å². The summed E-state index contributed by atoms with van der Waals surface area (Å²) in [5.74, 6) is -0.487. The Morgan fingerprint density at radius 3 is 2.67 bits per heavy atom. The zero-order valence-corrected chi connectivity index (χ0v) is 8.56. The van der Waals surface area contributed by atoms with Crippen molar-refractivity contribution in [3.63, 3.8) is 0 Å². The van der Waals surface area contributed by atoms with Crippen molar-refractivity contribution in [2.75, 3.05) is 0 Å². The van der Waals surface area contributed by atoms with Crippen LogP contribution in [0.5, 0.6) is 11.5 Å². The number of hydrogen-bond acceptors (Lipinski definition) is 4. The lowest BCUT2D eigenvalue weighted by Crippen LogP contribution is -2.14. The van der Waals surface area contributed by atoms with E-state index >= 15 is 0 Å². The molecule has 15 heavy (non-hydrogen) atoms. The summed E-state index contributed by atoms with van der Waals surface area (Å²) in [5, 5.41) is 9.21. The van der Waals surface area contributed by atoms with Gasteiger partial charge in [-0.25, -0.2) is 0 Å². The molecule has 0 aliphatic carbocycles. The molecule has 0 saturated carbocycles. The van der Waals surface area contributed by atoms with Crippen LogP contribution < -0.4 is 4.74 Å². The van der Waals surface area contributed by atoms with E-state index in [9.17, 15) is 14.7 Å². The van der Waals surface area contributed by atoms with Gasteiger partial charge in [-0.1, -0.05) is 13.8 Å². The predicted molar refractivity (Wildman–Crippen MR) is 54.0 cm³/mol. The Labute approximate surface area is 87.5 Å². The molecule has 4 heteroatoms. The number of aromatic hydroxyl groups is 1. The molecule has 0 radical (unpaired) electrons. The van der Waals surface area contributed by atoms with Gasteiger partial charge in [-0.05, 0) is 18.2 Å². The van der Waals surface area contributed by atoms with Gasteiger partial charge < -0.3 is 9.84 Å². The molecule has 1 N–H and O–H groups in total. The van der Waals surface area contributed by atoms with Crippen LogP contribution in [0.1, 0.15) is 24.2 Å². The lowest BCUT2D eigenvalue weighted by atomic mass is 10.2. The Balaban J connectivity index is 2.87. The summed E-state index contributed by atoms with van der Waals surface area (Å²) < 4.78 is 4.96. The third-order valence-corrected chi connectivity index (χ3v) is 1.82. The van der Waals surface area contributed by atoms with Crippen molar-refractivity contribution >= 4 is 12.3 Å². The standard InChI is InChI=1S/C11H12O4/c1-7(2)11(14)15-9-3-4-10(13)8(5-9)6-12/h3-7,13H,1-2H3. The number of carbonyl (C=O) groups is 2. The minimum atomic E-state index is -0.377. The maximum Gasteiger partial charge on any atom is 0.313 e. The molecule has 0 unspecified atom stereocenters. The molecule has 0 aromatic heterocycles. The van der Waals surface area contributed by atoms with Crippen molar-refractivity contribution < 1.29 is 19.4 Å². The second-order valence-electron chi connectivity index (χ2n) is 3.41. The number of phenols is 1. The second kappa shape index (κ2) is 4.59. The fraction of sp³-hybridized carbons (Fsp3) is 0.273. The van der Waals surface area contributed by atoms with Gasteiger partial charge in [0.1, 0.15) is 11.5 Å². The SMILES string of the molecule is CC(C)C(=O)Oc1ccc(O)c(C=O)c1. The molecule has 0 heterocycles. The Morgan fingerprint density at radius 1 is 1.47 bits per heavy atom. The van der Waals surface area contributed by atoms with Gasteiger partial charge >= 0.3 is 5.97 Å². The van der Waals surface area contributed by atoms with Crippen molar-refractivity contribution in [1.29, 1.82) is 0 Å². The zero-order chi connectivity index (χ0) is 11.4. The van der Waals surface area contributed by atoms with Crippen molar-refractivity contribution in [1.82, 2.24) is 0 Å². The van der Waals surface area contributed by atoms with E-state index < -0.39 is 0 Å². The first kappa shape index (κ1) is 11.2. The van der Waals surface area contributed by atoms with E-state index in [1.807, 2.05) is 0 Å². The van der Waals surface area contributed by atoms with E-state index in [-0.39, 0.29) is 28.9 Å². The summed E-state index contributed by atoms with van der Waals surface area (Å²) in [6, 6.07) is 4.07. The van der Waals surface area contributed by atoms with Gasteiger partial charge in [0, 0.05) is 0 Å². The largest absolute Gasteiger partial charge is 0.507 e. The maximum atomic E-state index is 11.2. The summed E-state index contributed by atoms with van der Waals surface area (Å²) in [4.78, 5) is 21.7. The van der Waals surface area contributed by atoms with Crippen LogP contribution in [0.15, 0.2) is 18.2 Å². The summed E-state index contributed by atoms with van der Waals surface area (Å²) >= 11 is 0. The van der Waals surface area contributed by atoms with Crippen LogP contribution in [0.3, 0.4) is 0 Å². The third kappa shape index (κ3) is 2.80. The number of phenolic OH excluding ortho intramolecular Hbond substituents is 1. The molecule has 0 aliphatic heterocycles. The summed E-state index contributed by atoms with van der Waals surface area (Å²) in [5.41, 5.74) is 0.101. The average Bonchev–Trinajstić information content (AvgIpc) is 2.20. The molecule has 1 rings (SSSR count). The highest BCUT2D eigenvalue weighted by molar-refractivity contribution is 5.81. The van der Waals surface area contributed by atoms with E-state index in [2.05, 4.69) is 0 Å². The molecule has 0 spiro atoms. The van der Waals surface area contributed by atoms with Crippen molar-refractivity contribution in [2.45, 2.75) is 13.8 Å². The van der Waals surface area contributed by atoms with E-state index in [1.54, 1.807) is 13.8 Å².